The van der Waals surface area contributed by atoms with Crippen LogP contribution in [0.4, 0.5) is 13.2 Å². The molecule has 0 amide bonds. The zero-order valence-electron chi connectivity index (χ0n) is 10.4. The van der Waals surface area contributed by atoms with Crippen LogP contribution in [0.5, 0.6) is 5.75 Å². The molecule has 7 heteroatoms. The van der Waals surface area contributed by atoms with Crippen LogP contribution in [0.2, 0.25) is 5.02 Å². The summed E-state index contributed by atoms with van der Waals surface area (Å²) in [6.07, 6.45) is -1.27. The van der Waals surface area contributed by atoms with E-state index < -0.39 is 18.5 Å². The number of benzene rings is 2. The van der Waals surface area contributed by atoms with Crippen molar-refractivity contribution in [2.75, 3.05) is 0 Å². The van der Waals surface area contributed by atoms with Crippen molar-refractivity contribution in [3.63, 3.8) is 0 Å². The van der Waals surface area contributed by atoms with E-state index in [0.717, 1.165) is 0 Å². The molecule has 0 heterocycles. The van der Waals surface area contributed by atoms with Crippen molar-refractivity contribution in [3.8, 4) is 5.75 Å². The fraction of sp³-hybridized carbons (Fsp3) is 0.143. The van der Waals surface area contributed by atoms with E-state index in [1.807, 2.05) is 0 Å². The Bertz CT molecular complexity index is 635. The Hall–Kier alpha value is -1.24. The number of rotatable bonds is 4. The predicted molar refractivity (Wildman–Crippen MR) is 76.2 cm³/mol. The smallest absolute Gasteiger partial charge is 0.387 e. The van der Waals surface area contributed by atoms with Gasteiger partial charge in [-0.1, -0.05) is 29.8 Å². The summed E-state index contributed by atoms with van der Waals surface area (Å²) in [6.45, 7) is -2.93. The maximum atomic E-state index is 14.0. The number of hydrogen-bond acceptors (Lipinski definition) is 2. The van der Waals surface area contributed by atoms with Gasteiger partial charge in [-0.2, -0.15) is 8.78 Å². The van der Waals surface area contributed by atoms with Gasteiger partial charge in [0.05, 0.1) is 5.02 Å². The zero-order chi connectivity index (χ0) is 15.6. The topological polar surface area (TPSA) is 29.5 Å². The number of hydrogen-bond donors (Lipinski definition) is 1. The van der Waals surface area contributed by atoms with Crippen molar-refractivity contribution >= 4 is 27.5 Å². The lowest BCUT2D eigenvalue weighted by atomic mass is 10.0. The molecule has 112 valence electrons. The van der Waals surface area contributed by atoms with E-state index in [2.05, 4.69) is 20.7 Å². The molecule has 2 aromatic rings. The molecule has 2 aromatic carbocycles. The first-order valence-corrected chi connectivity index (χ1v) is 6.93. The number of aliphatic hydroxyl groups is 1. The Morgan fingerprint density at radius 2 is 1.71 bits per heavy atom. The highest BCUT2D eigenvalue weighted by Gasteiger charge is 2.19. The van der Waals surface area contributed by atoms with Crippen LogP contribution in [0.1, 0.15) is 17.2 Å². The average Bonchev–Trinajstić information content (AvgIpc) is 2.44. The Kier molecular flexibility index (Phi) is 5.13. The third-order valence-corrected chi connectivity index (χ3v) is 4.04. The first-order valence-electron chi connectivity index (χ1n) is 5.76. The second-order valence-corrected chi connectivity index (χ2v) is 5.35. The molecule has 0 aliphatic heterocycles. The van der Waals surface area contributed by atoms with E-state index in [4.69, 9.17) is 11.6 Å². The molecule has 0 radical (unpaired) electrons. The molecule has 2 rings (SSSR count). The van der Waals surface area contributed by atoms with Crippen molar-refractivity contribution in [2.24, 2.45) is 0 Å². The lowest BCUT2D eigenvalue weighted by molar-refractivity contribution is -0.0498. The lowest BCUT2D eigenvalue weighted by Crippen LogP contribution is -2.05. The molecule has 0 spiro atoms. The van der Waals surface area contributed by atoms with E-state index in [1.165, 1.54) is 36.4 Å². The molecule has 0 aliphatic rings. The number of ether oxygens (including phenoxy) is 1. The van der Waals surface area contributed by atoms with Crippen molar-refractivity contribution < 1.29 is 23.0 Å². The van der Waals surface area contributed by atoms with Crippen molar-refractivity contribution in [1.82, 2.24) is 0 Å². The third-order valence-electron chi connectivity index (χ3n) is 2.78. The van der Waals surface area contributed by atoms with Gasteiger partial charge in [0.25, 0.3) is 0 Å². The van der Waals surface area contributed by atoms with E-state index in [1.54, 1.807) is 0 Å². The molecule has 21 heavy (non-hydrogen) atoms. The monoisotopic (exact) mass is 380 g/mol. The Morgan fingerprint density at radius 1 is 1.10 bits per heavy atom. The summed E-state index contributed by atoms with van der Waals surface area (Å²) in [5.74, 6) is -0.790. The highest BCUT2D eigenvalue weighted by molar-refractivity contribution is 9.10. The molecule has 0 bridgehead atoms. The molecule has 1 atom stereocenters. The highest BCUT2D eigenvalue weighted by atomic mass is 79.9. The van der Waals surface area contributed by atoms with Crippen LogP contribution < -0.4 is 4.74 Å². The minimum atomic E-state index is -2.93. The molecule has 0 saturated heterocycles. The van der Waals surface area contributed by atoms with Crippen LogP contribution in [0.25, 0.3) is 0 Å². The molecule has 0 aromatic heterocycles. The molecule has 0 aliphatic carbocycles. The molecule has 0 fully saturated rings. The van der Waals surface area contributed by atoms with Crippen LogP contribution in [0.3, 0.4) is 0 Å². The second-order valence-electron chi connectivity index (χ2n) is 4.11. The number of aliphatic hydroxyl groups excluding tert-OH is 1. The van der Waals surface area contributed by atoms with Crippen LogP contribution in [-0.4, -0.2) is 11.7 Å². The fourth-order valence-electron chi connectivity index (χ4n) is 1.76. The zero-order valence-corrected chi connectivity index (χ0v) is 12.7. The highest BCUT2D eigenvalue weighted by Crippen LogP contribution is 2.33. The van der Waals surface area contributed by atoms with E-state index in [9.17, 15) is 18.3 Å². The summed E-state index contributed by atoms with van der Waals surface area (Å²) < 4.78 is 42.7. The summed E-state index contributed by atoms with van der Waals surface area (Å²) in [5, 5.41) is 10.0. The summed E-state index contributed by atoms with van der Waals surface area (Å²) in [6, 6.07) is 8.18. The summed E-state index contributed by atoms with van der Waals surface area (Å²) in [7, 11) is 0. The molecule has 1 unspecified atom stereocenters. The Labute approximate surface area is 132 Å². The van der Waals surface area contributed by atoms with E-state index >= 15 is 0 Å². The van der Waals surface area contributed by atoms with E-state index in [-0.39, 0.29) is 16.3 Å². The van der Waals surface area contributed by atoms with Crippen molar-refractivity contribution in [1.29, 1.82) is 0 Å². The van der Waals surface area contributed by atoms with Crippen molar-refractivity contribution in [3.05, 3.63) is 62.8 Å². The standard InChI is InChI=1S/C14H9BrClF3O2/c15-10-6-5-9(12(17)11(10)16)13(20)7-1-3-8(4-2-7)21-14(18)19/h1-6,13-14,20H. The molecule has 2 nitrogen and oxygen atoms in total. The summed E-state index contributed by atoms with van der Waals surface area (Å²) >= 11 is 8.84. The summed E-state index contributed by atoms with van der Waals surface area (Å²) in [5.41, 5.74) is 0.319. The Morgan fingerprint density at radius 3 is 2.29 bits per heavy atom. The van der Waals surface area contributed by atoms with Gasteiger partial charge >= 0.3 is 6.61 Å². The summed E-state index contributed by atoms with van der Waals surface area (Å²) in [4.78, 5) is 0. The predicted octanol–water partition coefficient (Wildman–Crippen LogP) is 4.92. The minimum absolute atomic E-state index is 0.00859. The third kappa shape index (κ3) is 3.70. The van der Waals surface area contributed by atoms with Gasteiger partial charge in [0.1, 0.15) is 17.7 Å². The van der Waals surface area contributed by atoms with Gasteiger partial charge in [-0.25, -0.2) is 4.39 Å². The number of halogens is 5. The van der Waals surface area contributed by atoms with Crippen LogP contribution in [0, 0.1) is 5.82 Å². The maximum Gasteiger partial charge on any atom is 0.387 e. The first kappa shape index (κ1) is 16.1. The van der Waals surface area contributed by atoms with E-state index in [0.29, 0.717) is 10.0 Å². The molecular formula is C14H9BrClF3O2. The van der Waals surface area contributed by atoms with Gasteiger partial charge in [-0.05, 0) is 39.7 Å². The lowest BCUT2D eigenvalue weighted by Gasteiger charge is -2.14. The van der Waals surface area contributed by atoms with Crippen LogP contribution in [-0.2, 0) is 0 Å². The van der Waals surface area contributed by atoms with Gasteiger partial charge in [-0.15, -0.1) is 0 Å². The van der Waals surface area contributed by atoms with Gasteiger partial charge < -0.3 is 9.84 Å². The van der Waals surface area contributed by atoms with Gasteiger partial charge in [-0.3, -0.25) is 0 Å². The second kappa shape index (κ2) is 6.68. The van der Waals surface area contributed by atoms with Gasteiger partial charge in [0, 0.05) is 10.0 Å². The van der Waals surface area contributed by atoms with Crippen molar-refractivity contribution in [2.45, 2.75) is 12.7 Å². The normalized spacial score (nSPS) is 12.5. The van der Waals surface area contributed by atoms with Crippen LogP contribution >= 0.6 is 27.5 Å². The molecular weight excluding hydrogens is 373 g/mol. The minimum Gasteiger partial charge on any atom is -0.435 e. The quantitative estimate of drug-likeness (QED) is 0.761. The SMILES string of the molecule is OC(c1ccc(OC(F)F)cc1)c1ccc(Br)c(Cl)c1F. The van der Waals surface area contributed by atoms with Gasteiger partial charge in [0.15, 0.2) is 0 Å². The first-order chi connectivity index (χ1) is 9.90. The van der Waals surface area contributed by atoms with Crippen LogP contribution in [0.15, 0.2) is 40.9 Å². The largest absolute Gasteiger partial charge is 0.435 e. The molecule has 1 N–H and O–H groups in total. The average molecular weight is 382 g/mol. The Balaban J connectivity index is 2.28. The fourth-order valence-corrected chi connectivity index (χ4v) is 2.24. The number of alkyl halides is 2. The molecule has 0 saturated carbocycles. The maximum absolute atomic E-state index is 14.0. The van der Waals surface area contributed by atoms with Gasteiger partial charge in [0.2, 0.25) is 0 Å².